The molecule has 4 heteroatoms. The summed E-state index contributed by atoms with van der Waals surface area (Å²) in [7, 11) is 0. The molecule has 1 aliphatic rings. The standard InChI is InChI=1S/C15H30N2O2/c1-3-4-5-6-7-12(2)19-11-10-14(15(16)18)17-13-8-9-13/h12-14,17H,3-11H2,1-2H3,(H2,16,18). The largest absolute Gasteiger partial charge is 0.378 e. The Morgan fingerprint density at radius 1 is 1.32 bits per heavy atom. The molecule has 4 nitrogen and oxygen atoms in total. The van der Waals surface area contributed by atoms with E-state index in [0.717, 1.165) is 6.42 Å². The molecule has 2 atom stereocenters. The summed E-state index contributed by atoms with van der Waals surface area (Å²) in [5.41, 5.74) is 5.39. The quantitative estimate of drug-likeness (QED) is 0.535. The molecule has 0 heterocycles. The molecule has 0 aromatic carbocycles. The van der Waals surface area contributed by atoms with Gasteiger partial charge in [0.15, 0.2) is 0 Å². The molecular formula is C15H30N2O2. The first-order valence-electron chi connectivity index (χ1n) is 7.80. The third kappa shape index (κ3) is 8.22. The van der Waals surface area contributed by atoms with Crippen LogP contribution in [0.3, 0.4) is 0 Å². The highest BCUT2D eigenvalue weighted by Crippen LogP contribution is 2.20. The van der Waals surface area contributed by atoms with Gasteiger partial charge in [-0.15, -0.1) is 0 Å². The number of carbonyl (C=O) groups is 1. The van der Waals surface area contributed by atoms with Crippen LogP contribution in [-0.4, -0.2) is 30.7 Å². The summed E-state index contributed by atoms with van der Waals surface area (Å²) in [6.45, 7) is 4.94. The molecule has 1 rings (SSSR count). The first-order valence-corrected chi connectivity index (χ1v) is 7.80. The second-order valence-electron chi connectivity index (χ2n) is 5.72. The molecule has 1 fully saturated rings. The van der Waals surface area contributed by atoms with Crippen molar-refractivity contribution in [3.05, 3.63) is 0 Å². The zero-order valence-corrected chi connectivity index (χ0v) is 12.5. The van der Waals surface area contributed by atoms with E-state index >= 15 is 0 Å². The highest BCUT2D eigenvalue weighted by Gasteiger charge is 2.26. The van der Waals surface area contributed by atoms with Crippen molar-refractivity contribution in [3.8, 4) is 0 Å². The molecule has 2 unspecified atom stereocenters. The van der Waals surface area contributed by atoms with Gasteiger partial charge in [-0.2, -0.15) is 0 Å². The highest BCUT2D eigenvalue weighted by molar-refractivity contribution is 5.79. The maximum atomic E-state index is 11.3. The Kier molecular flexibility index (Phi) is 8.07. The topological polar surface area (TPSA) is 64.3 Å². The lowest BCUT2D eigenvalue weighted by Crippen LogP contribution is -2.43. The molecule has 1 saturated carbocycles. The van der Waals surface area contributed by atoms with Crippen molar-refractivity contribution in [2.24, 2.45) is 5.73 Å². The summed E-state index contributed by atoms with van der Waals surface area (Å²) in [6.07, 6.45) is 9.50. The van der Waals surface area contributed by atoms with Crippen LogP contribution in [0.1, 0.15) is 65.2 Å². The molecule has 0 bridgehead atoms. The number of hydrogen-bond acceptors (Lipinski definition) is 3. The third-order valence-corrected chi connectivity index (χ3v) is 3.63. The number of unbranched alkanes of at least 4 members (excludes halogenated alkanes) is 3. The number of nitrogens with two attached hydrogens (primary N) is 1. The Morgan fingerprint density at radius 2 is 2.05 bits per heavy atom. The zero-order valence-electron chi connectivity index (χ0n) is 12.5. The van der Waals surface area contributed by atoms with Gasteiger partial charge in [-0.25, -0.2) is 0 Å². The Morgan fingerprint density at radius 3 is 2.63 bits per heavy atom. The number of primary amides is 1. The summed E-state index contributed by atoms with van der Waals surface area (Å²) >= 11 is 0. The van der Waals surface area contributed by atoms with E-state index in [1.165, 1.54) is 38.5 Å². The van der Waals surface area contributed by atoms with E-state index in [9.17, 15) is 4.79 Å². The van der Waals surface area contributed by atoms with Gasteiger partial charge in [0, 0.05) is 12.6 Å². The predicted octanol–water partition coefficient (Wildman–Crippen LogP) is 2.36. The number of nitrogens with one attached hydrogen (secondary N) is 1. The van der Waals surface area contributed by atoms with E-state index in [4.69, 9.17) is 10.5 Å². The predicted molar refractivity (Wildman–Crippen MR) is 77.9 cm³/mol. The summed E-state index contributed by atoms with van der Waals surface area (Å²) in [4.78, 5) is 11.3. The lowest BCUT2D eigenvalue weighted by atomic mass is 10.1. The smallest absolute Gasteiger partial charge is 0.234 e. The number of rotatable bonds is 12. The van der Waals surface area contributed by atoms with Gasteiger partial charge in [-0.1, -0.05) is 32.6 Å². The van der Waals surface area contributed by atoms with Crippen molar-refractivity contribution in [2.75, 3.05) is 6.61 Å². The average molecular weight is 270 g/mol. The van der Waals surface area contributed by atoms with Gasteiger partial charge in [0.1, 0.15) is 0 Å². The fourth-order valence-electron chi connectivity index (χ4n) is 2.17. The molecule has 0 spiro atoms. The van der Waals surface area contributed by atoms with E-state index in [1.807, 2.05) is 0 Å². The van der Waals surface area contributed by atoms with Gasteiger partial charge in [0.2, 0.25) is 5.91 Å². The van der Waals surface area contributed by atoms with Crippen LogP contribution in [0.25, 0.3) is 0 Å². The number of hydrogen-bond donors (Lipinski definition) is 2. The van der Waals surface area contributed by atoms with Crippen LogP contribution in [0, 0.1) is 0 Å². The summed E-state index contributed by atoms with van der Waals surface area (Å²) in [5.74, 6) is -0.258. The van der Waals surface area contributed by atoms with E-state index < -0.39 is 0 Å². The van der Waals surface area contributed by atoms with E-state index in [1.54, 1.807) is 0 Å². The first kappa shape index (κ1) is 16.4. The second kappa shape index (κ2) is 9.32. The Hall–Kier alpha value is -0.610. The molecule has 1 amide bonds. The van der Waals surface area contributed by atoms with Crippen molar-refractivity contribution >= 4 is 5.91 Å². The minimum atomic E-state index is -0.258. The van der Waals surface area contributed by atoms with Crippen molar-refractivity contribution in [1.29, 1.82) is 0 Å². The van der Waals surface area contributed by atoms with Crippen LogP contribution in [0.5, 0.6) is 0 Å². The van der Waals surface area contributed by atoms with Gasteiger partial charge in [0.05, 0.1) is 12.1 Å². The van der Waals surface area contributed by atoms with Gasteiger partial charge < -0.3 is 15.8 Å². The van der Waals surface area contributed by atoms with Crippen LogP contribution in [0.2, 0.25) is 0 Å². The molecular weight excluding hydrogens is 240 g/mol. The minimum Gasteiger partial charge on any atom is -0.378 e. The molecule has 0 radical (unpaired) electrons. The maximum Gasteiger partial charge on any atom is 0.234 e. The fourth-order valence-corrected chi connectivity index (χ4v) is 2.17. The summed E-state index contributed by atoms with van der Waals surface area (Å²) < 4.78 is 5.76. The molecule has 19 heavy (non-hydrogen) atoms. The van der Waals surface area contributed by atoms with Crippen LogP contribution >= 0.6 is 0 Å². The molecule has 112 valence electrons. The van der Waals surface area contributed by atoms with Crippen molar-refractivity contribution in [3.63, 3.8) is 0 Å². The van der Waals surface area contributed by atoms with Crippen LogP contribution in [-0.2, 0) is 9.53 Å². The van der Waals surface area contributed by atoms with Crippen molar-refractivity contribution in [1.82, 2.24) is 5.32 Å². The van der Waals surface area contributed by atoms with Crippen LogP contribution < -0.4 is 11.1 Å². The maximum absolute atomic E-state index is 11.3. The Bertz CT molecular complexity index is 255. The van der Waals surface area contributed by atoms with Gasteiger partial charge in [0.25, 0.3) is 0 Å². The van der Waals surface area contributed by atoms with Gasteiger partial charge in [-0.3, -0.25) is 4.79 Å². The lowest BCUT2D eigenvalue weighted by Gasteiger charge is -2.17. The lowest BCUT2D eigenvalue weighted by molar-refractivity contribution is -0.120. The average Bonchev–Trinajstić information content (AvgIpc) is 3.17. The Labute approximate surface area is 117 Å². The zero-order chi connectivity index (χ0) is 14.1. The first-order chi connectivity index (χ1) is 9.13. The molecule has 3 N–H and O–H groups in total. The van der Waals surface area contributed by atoms with Gasteiger partial charge in [-0.05, 0) is 32.6 Å². The summed E-state index contributed by atoms with van der Waals surface area (Å²) in [6, 6.07) is 0.281. The molecule has 0 aromatic rings. The second-order valence-corrected chi connectivity index (χ2v) is 5.72. The molecule has 0 aromatic heterocycles. The highest BCUT2D eigenvalue weighted by atomic mass is 16.5. The third-order valence-electron chi connectivity index (χ3n) is 3.63. The fraction of sp³-hybridized carbons (Fsp3) is 0.933. The molecule has 0 saturated heterocycles. The Balaban J connectivity index is 2.04. The van der Waals surface area contributed by atoms with Crippen LogP contribution in [0.4, 0.5) is 0 Å². The monoisotopic (exact) mass is 270 g/mol. The van der Waals surface area contributed by atoms with E-state index in [2.05, 4.69) is 19.2 Å². The number of amides is 1. The van der Waals surface area contributed by atoms with Gasteiger partial charge >= 0.3 is 0 Å². The van der Waals surface area contributed by atoms with E-state index in [-0.39, 0.29) is 18.1 Å². The molecule has 1 aliphatic carbocycles. The molecule has 0 aliphatic heterocycles. The van der Waals surface area contributed by atoms with Crippen molar-refractivity contribution in [2.45, 2.75) is 83.4 Å². The normalized spacial score (nSPS) is 18.2. The minimum absolute atomic E-state index is 0.222. The number of carbonyl (C=O) groups excluding carboxylic acids is 1. The van der Waals surface area contributed by atoms with Crippen LogP contribution in [0.15, 0.2) is 0 Å². The summed E-state index contributed by atoms with van der Waals surface area (Å²) in [5, 5.41) is 3.27. The number of ether oxygens (including phenoxy) is 1. The van der Waals surface area contributed by atoms with E-state index in [0.29, 0.717) is 19.1 Å². The van der Waals surface area contributed by atoms with Crippen molar-refractivity contribution < 1.29 is 9.53 Å². The SMILES string of the molecule is CCCCCCC(C)OCCC(NC1CC1)C(N)=O.